The summed E-state index contributed by atoms with van der Waals surface area (Å²) in [5.74, 6) is 1.00. The molecule has 0 bridgehead atoms. The standard InChI is InChI=1S/C10H18N4OS2/c1-4-11-8(15)6-16-10-14-13-9(17-10)12-5-7(2)3/h7H,4-6H2,1-3H3,(H,11,15)(H,12,13). The molecule has 0 aliphatic heterocycles. The van der Waals surface area contributed by atoms with E-state index < -0.39 is 0 Å². The smallest absolute Gasteiger partial charge is 0.230 e. The fourth-order valence-corrected chi connectivity index (χ4v) is 2.60. The van der Waals surface area contributed by atoms with Crippen molar-refractivity contribution in [3.05, 3.63) is 0 Å². The van der Waals surface area contributed by atoms with Crippen LogP contribution in [0.25, 0.3) is 0 Å². The molecule has 2 N–H and O–H groups in total. The van der Waals surface area contributed by atoms with Crippen LogP contribution < -0.4 is 10.6 Å². The zero-order chi connectivity index (χ0) is 12.7. The van der Waals surface area contributed by atoms with Crippen LogP contribution in [0.2, 0.25) is 0 Å². The minimum absolute atomic E-state index is 0.0318. The highest BCUT2D eigenvalue weighted by Gasteiger charge is 2.07. The molecule has 96 valence electrons. The molecule has 17 heavy (non-hydrogen) atoms. The molecule has 1 amide bonds. The van der Waals surface area contributed by atoms with Gasteiger partial charge in [0.1, 0.15) is 0 Å². The maximum absolute atomic E-state index is 11.2. The molecule has 0 aromatic carbocycles. The summed E-state index contributed by atoms with van der Waals surface area (Å²) in [6, 6.07) is 0. The summed E-state index contributed by atoms with van der Waals surface area (Å²) < 4.78 is 0.822. The number of carbonyl (C=O) groups is 1. The Hall–Kier alpha value is -0.820. The SMILES string of the molecule is CCNC(=O)CSc1nnc(NCC(C)C)s1. The van der Waals surface area contributed by atoms with Crippen LogP contribution >= 0.6 is 23.1 Å². The molecule has 0 atom stereocenters. The maximum Gasteiger partial charge on any atom is 0.230 e. The minimum Gasteiger partial charge on any atom is -0.360 e. The second kappa shape index (κ2) is 7.50. The summed E-state index contributed by atoms with van der Waals surface area (Å²) in [5, 5.41) is 14.8. The molecule has 1 heterocycles. The lowest BCUT2D eigenvalue weighted by atomic mass is 10.2. The Kier molecular flexibility index (Phi) is 6.28. The van der Waals surface area contributed by atoms with Crippen molar-refractivity contribution in [3.8, 4) is 0 Å². The molecule has 0 spiro atoms. The highest BCUT2D eigenvalue weighted by Crippen LogP contribution is 2.25. The highest BCUT2D eigenvalue weighted by atomic mass is 32.2. The summed E-state index contributed by atoms with van der Waals surface area (Å²) in [6.45, 7) is 7.73. The normalized spacial score (nSPS) is 10.6. The molecule has 0 unspecified atom stereocenters. The highest BCUT2D eigenvalue weighted by molar-refractivity contribution is 8.01. The van der Waals surface area contributed by atoms with E-state index in [4.69, 9.17) is 0 Å². The Bertz CT molecular complexity index is 354. The predicted octanol–water partition coefficient (Wildman–Crippen LogP) is 1.83. The van der Waals surface area contributed by atoms with Gasteiger partial charge in [0.15, 0.2) is 4.34 Å². The van der Waals surface area contributed by atoms with Crippen molar-refractivity contribution in [2.24, 2.45) is 5.92 Å². The third-order valence-corrected chi connectivity index (χ3v) is 3.78. The second-order valence-corrected chi connectivity index (χ2v) is 6.09. The number of amides is 1. The molecule has 1 aromatic heterocycles. The molecule has 0 aliphatic carbocycles. The van der Waals surface area contributed by atoms with Crippen LogP contribution in [0.5, 0.6) is 0 Å². The Morgan fingerprint density at radius 1 is 1.47 bits per heavy atom. The monoisotopic (exact) mass is 274 g/mol. The quantitative estimate of drug-likeness (QED) is 0.743. The Balaban J connectivity index is 2.32. The van der Waals surface area contributed by atoms with E-state index in [1.165, 1.54) is 23.1 Å². The van der Waals surface area contributed by atoms with Gasteiger partial charge in [-0.1, -0.05) is 36.9 Å². The summed E-state index contributed by atoms with van der Waals surface area (Å²) in [7, 11) is 0. The fraction of sp³-hybridized carbons (Fsp3) is 0.700. The Labute approximate surface area is 110 Å². The van der Waals surface area contributed by atoms with E-state index in [1.807, 2.05) is 6.92 Å². The van der Waals surface area contributed by atoms with Crippen molar-refractivity contribution in [2.45, 2.75) is 25.1 Å². The van der Waals surface area contributed by atoms with Crippen LogP contribution in [0, 0.1) is 5.92 Å². The van der Waals surface area contributed by atoms with Crippen LogP contribution in [0.4, 0.5) is 5.13 Å². The molecule has 5 nitrogen and oxygen atoms in total. The fourth-order valence-electron chi connectivity index (χ4n) is 1.01. The van der Waals surface area contributed by atoms with Gasteiger partial charge in [-0.3, -0.25) is 4.79 Å². The number of thioether (sulfide) groups is 1. The van der Waals surface area contributed by atoms with Crippen molar-refractivity contribution in [1.82, 2.24) is 15.5 Å². The first kappa shape index (κ1) is 14.2. The molecular formula is C10H18N4OS2. The zero-order valence-electron chi connectivity index (χ0n) is 10.3. The first-order chi connectivity index (χ1) is 8.11. The van der Waals surface area contributed by atoms with E-state index in [1.54, 1.807) is 0 Å². The lowest BCUT2D eigenvalue weighted by Gasteiger charge is -2.03. The molecule has 7 heteroatoms. The predicted molar refractivity (Wildman–Crippen MR) is 72.6 cm³/mol. The summed E-state index contributed by atoms with van der Waals surface area (Å²) in [4.78, 5) is 11.2. The first-order valence-corrected chi connectivity index (χ1v) is 7.39. The Morgan fingerprint density at radius 2 is 2.24 bits per heavy atom. The third-order valence-electron chi connectivity index (χ3n) is 1.77. The van der Waals surface area contributed by atoms with Crippen molar-refractivity contribution in [3.63, 3.8) is 0 Å². The van der Waals surface area contributed by atoms with Gasteiger partial charge in [-0.25, -0.2) is 0 Å². The molecule has 0 saturated carbocycles. The lowest BCUT2D eigenvalue weighted by molar-refractivity contribution is -0.118. The molecule has 0 aliphatic rings. The third kappa shape index (κ3) is 5.88. The number of rotatable bonds is 7. The number of hydrogen-bond donors (Lipinski definition) is 2. The lowest BCUT2D eigenvalue weighted by Crippen LogP contribution is -2.24. The van der Waals surface area contributed by atoms with Crippen LogP contribution in [-0.4, -0.2) is 34.9 Å². The molecule has 1 rings (SSSR count). The molecule has 0 saturated heterocycles. The number of anilines is 1. The minimum atomic E-state index is 0.0318. The number of nitrogens with one attached hydrogen (secondary N) is 2. The van der Waals surface area contributed by atoms with E-state index in [0.717, 1.165) is 16.0 Å². The number of carbonyl (C=O) groups excluding carboxylic acids is 1. The van der Waals surface area contributed by atoms with Crippen molar-refractivity contribution in [2.75, 3.05) is 24.2 Å². The van der Waals surface area contributed by atoms with Crippen molar-refractivity contribution in [1.29, 1.82) is 0 Å². The van der Waals surface area contributed by atoms with Crippen molar-refractivity contribution >= 4 is 34.1 Å². The number of hydrogen-bond acceptors (Lipinski definition) is 6. The summed E-state index contributed by atoms with van der Waals surface area (Å²) in [6.07, 6.45) is 0. The molecule has 0 fully saturated rings. The zero-order valence-corrected chi connectivity index (χ0v) is 12.0. The van der Waals surface area contributed by atoms with Crippen LogP contribution in [-0.2, 0) is 4.79 Å². The molecule has 1 aromatic rings. The Morgan fingerprint density at radius 3 is 2.88 bits per heavy atom. The van der Waals surface area contributed by atoms with Crippen molar-refractivity contribution < 1.29 is 4.79 Å². The van der Waals surface area contributed by atoms with Gasteiger partial charge >= 0.3 is 0 Å². The average molecular weight is 274 g/mol. The van der Waals surface area contributed by atoms with Crippen LogP contribution in [0.15, 0.2) is 4.34 Å². The van der Waals surface area contributed by atoms with Gasteiger partial charge in [0.2, 0.25) is 11.0 Å². The largest absolute Gasteiger partial charge is 0.360 e. The number of nitrogens with zero attached hydrogens (tertiary/aromatic N) is 2. The van der Waals surface area contributed by atoms with E-state index >= 15 is 0 Å². The van der Waals surface area contributed by atoms with Gasteiger partial charge < -0.3 is 10.6 Å². The topological polar surface area (TPSA) is 66.9 Å². The van der Waals surface area contributed by atoms with Gasteiger partial charge in [0.05, 0.1) is 5.75 Å². The van der Waals surface area contributed by atoms with E-state index in [2.05, 4.69) is 34.7 Å². The second-order valence-electron chi connectivity index (χ2n) is 3.89. The van der Waals surface area contributed by atoms with Crippen LogP contribution in [0.1, 0.15) is 20.8 Å². The maximum atomic E-state index is 11.2. The van der Waals surface area contributed by atoms with Crippen LogP contribution in [0.3, 0.4) is 0 Å². The molecule has 0 radical (unpaired) electrons. The van der Waals surface area contributed by atoms with Gasteiger partial charge in [0, 0.05) is 13.1 Å². The summed E-state index contributed by atoms with van der Waals surface area (Å²) >= 11 is 2.90. The first-order valence-electron chi connectivity index (χ1n) is 5.58. The van der Waals surface area contributed by atoms with E-state index in [-0.39, 0.29) is 5.91 Å². The van der Waals surface area contributed by atoms with Gasteiger partial charge in [-0.05, 0) is 12.8 Å². The molecular weight excluding hydrogens is 256 g/mol. The summed E-state index contributed by atoms with van der Waals surface area (Å²) in [5.41, 5.74) is 0. The van der Waals surface area contributed by atoms with Gasteiger partial charge in [0.25, 0.3) is 0 Å². The van der Waals surface area contributed by atoms with E-state index in [0.29, 0.717) is 18.2 Å². The van der Waals surface area contributed by atoms with E-state index in [9.17, 15) is 4.79 Å². The number of aromatic nitrogens is 2. The van der Waals surface area contributed by atoms with Gasteiger partial charge in [-0.2, -0.15) is 0 Å². The van der Waals surface area contributed by atoms with Gasteiger partial charge in [-0.15, -0.1) is 10.2 Å². The average Bonchev–Trinajstić information content (AvgIpc) is 2.72.